The van der Waals surface area contributed by atoms with E-state index in [0.29, 0.717) is 11.5 Å². The SMILES string of the molecule is N#Cc1ccc(-c2ccc(-n3c4ccccc4c4ccc5nc(-c6ccccc6)oc5c43)cc2)cc1. The lowest BCUT2D eigenvalue weighted by Crippen LogP contribution is -1.94. The van der Waals surface area contributed by atoms with Crippen LogP contribution in [0.5, 0.6) is 0 Å². The lowest BCUT2D eigenvalue weighted by atomic mass is 10.0. The zero-order chi connectivity index (χ0) is 24.1. The largest absolute Gasteiger partial charge is 0.434 e. The Morgan fingerprint density at radius 3 is 2.08 bits per heavy atom. The van der Waals surface area contributed by atoms with Crippen molar-refractivity contribution in [2.45, 2.75) is 0 Å². The molecule has 168 valence electrons. The molecule has 0 aliphatic heterocycles. The Morgan fingerprint density at radius 2 is 1.33 bits per heavy atom. The second-order valence-electron chi connectivity index (χ2n) is 8.78. The first-order valence-corrected chi connectivity index (χ1v) is 11.8. The summed E-state index contributed by atoms with van der Waals surface area (Å²) in [7, 11) is 0. The Balaban J connectivity index is 1.45. The van der Waals surface area contributed by atoms with Crippen LogP contribution in [0.1, 0.15) is 5.56 Å². The molecule has 2 heterocycles. The van der Waals surface area contributed by atoms with E-state index in [1.165, 1.54) is 5.39 Å². The van der Waals surface area contributed by atoms with E-state index in [0.717, 1.165) is 49.9 Å². The molecule has 0 aliphatic carbocycles. The molecule has 0 atom stereocenters. The van der Waals surface area contributed by atoms with Crippen molar-refractivity contribution in [2.75, 3.05) is 0 Å². The van der Waals surface area contributed by atoms with E-state index in [-0.39, 0.29) is 0 Å². The Bertz CT molecular complexity index is 1920. The normalized spacial score (nSPS) is 11.3. The van der Waals surface area contributed by atoms with Crippen LogP contribution < -0.4 is 0 Å². The van der Waals surface area contributed by atoms with Gasteiger partial charge in [-0.05, 0) is 65.7 Å². The zero-order valence-corrected chi connectivity index (χ0v) is 19.2. The van der Waals surface area contributed by atoms with Crippen LogP contribution in [0.2, 0.25) is 0 Å². The van der Waals surface area contributed by atoms with Crippen LogP contribution in [-0.4, -0.2) is 9.55 Å². The third-order valence-corrected chi connectivity index (χ3v) is 6.68. The van der Waals surface area contributed by atoms with Crippen LogP contribution in [0, 0.1) is 11.3 Å². The maximum Gasteiger partial charge on any atom is 0.227 e. The maximum atomic E-state index is 9.09. The molecule has 0 fully saturated rings. The quantitative estimate of drug-likeness (QED) is 0.267. The fourth-order valence-corrected chi connectivity index (χ4v) is 4.95. The molecule has 0 spiro atoms. The Hall–Kier alpha value is -5.14. The number of nitriles is 1. The van der Waals surface area contributed by atoms with E-state index in [1.54, 1.807) is 0 Å². The molecule has 0 bridgehead atoms. The molecule has 5 aromatic carbocycles. The van der Waals surface area contributed by atoms with Crippen LogP contribution in [-0.2, 0) is 0 Å². The molecule has 7 rings (SSSR count). The Labute approximate surface area is 207 Å². The average Bonchev–Trinajstić information content (AvgIpc) is 3.53. The van der Waals surface area contributed by atoms with Gasteiger partial charge >= 0.3 is 0 Å². The molecule has 0 saturated carbocycles. The second kappa shape index (κ2) is 7.97. The summed E-state index contributed by atoms with van der Waals surface area (Å²) in [5.74, 6) is 0.617. The Kier molecular flexibility index (Phi) is 4.48. The topological polar surface area (TPSA) is 54.8 Å². The van der Waals surface area contributed by atoms with Crippen molar-refractivity contribution in [3.05, 3.63) is 121 Å². The Morgan fingerprint density at radius 1 is 0.639 bits per heavy atom. The molecular formula is C32H19N3O. The average molecular weight is 462 g/mol. The molecular weight excluding hydrogens is 442 g/mol. The number of oxazole rings is 1. The fourth-order valence-electron chi connectivity index (χ4n) is 4.95. The molecule has 36 heavy (non-hydrogen) atoms. The third kappa shape index (κ3) is 3.11. The minimum Gasteiger partial charge on any atom is -0.434 e. The van der Waals surface area contributed by atoms with Crippen LogP contribution >= 0.6 is 0 Å². The van der Waals surface area contributed by atoms with Gasteiger partial charge in [0.25, 0.3) is 0 Å². The highest BCUT2D eigenvalue weighted by atomic mass is 16.3. The highest BCUT2D eigenvalue weighted by Crippen LogP contribution is 2.38. The van der Waals surface area contributed by atoms with Gasteiger partial charge in [0.15, 0.2) is 5.58 Å². The van der Waals surface area contributed by atoms with Crippen LogP contribution in [0.4, 0.5) is 0 Å². The number of rotatable bonds is 3. The van der Waals surface area contributed by atoms with Gasteiger partial charge in [-0.2, -0.15) is 5.26 Å². The highest BCUT2D eigenvalue weighted by molar-refractivity contribution is 6.16. The molecule has 4 heteroatoms. The molecule has 0 unspecified atom stereocenters. The van der Waals surface area contributed by atoms with Crippen LogP contribution in [0.15, 0.2) is 120 Å². The summed E-state index contributed by atoms with van der Waals surface area (Å²) < 4.78 is 8.68. The van der Waals surface area contributed by atoms with Gasteiger partial charge in [0, 0.05) is 22.0 Å². The molecule has 7 aromatic rings. The zero-order valence-electron chi connectivity index (χ0n) is 19.2. The first kappa shape index (κ1) is 20.3. The number of hydrogen-bond donors (Lipinski definition) is 0. The van der Waals surface area contributed by atoms with Gasteiger partial charge < -0.3 is 8.98 Å². The number of nitrogens with zero attached hydrogens (tertiary/aromatic N) is 3. The molecule has 2 aromatic heterocycles. The second-order valence-corrected chi connectivity index (χ2v) is 8.78. The minimum atomic E-state index is 0.617. The first-order chi connectivity index (χ1) is 17.8. The van der Waals surface area contributed by atoms with Gasteiger partial charge in [0.1, 0.15) is 5.52 Å². The predicted molar refractivity (Wildman–Crippen MR) is 144 cm³/mol. The van der Waals surface area contributed by atoms with E-state index < -0.39 is 0 Å². The van der Waals surface area contributed by atoms with Crippen LogP contribution in [0.25, 0.3) is 61.2 Å². The number of para-hydroxylation sites is 1. The van der Waals surface area contributed by atoms with Crippen LogP contribution in [0.3, 0.4) is 0 Å². The third-order valence-electron chi connectivity index (χ3n) is 6.68. The van der Waals surface area contributed by atoms with Gasteiger partial charge in [0.2, 0.25) is 5.89 Å². The van der Waals surface area contributed by atoms with Crippen molar-refractivity contribution >= 4 is 32.9 Å². The molecule has 0 aliphatic rings. The summed E-state index contributed by atoms with van der Waals surface area (Å²) in [4.78, 5) is 4.80. The summed E-state index contributed by atoms with van der Waals surface area (Å²) >= 11 is 0. The van der Waals surface area contributed by atoms with E-state index in [2.05, 4.69) is 65.2 Å². The van der Waals surface area contributed by atoms with E-state index in [1.807, 2.05) is 60.7 Å². The monoisotopic (exact) mass is 461 g/mol. The smallest absolute Gasteiger partial charge is 0.227 e. The predicted octanol–water partition coefficient (Wildman–Crippen LogP) is 8.13. The van der Waals surface area contributed by atoms with Gasteiger partial charge in [-0.3, -0.25) is 0 Å². The van der Waals surface area contributed by atoms with E-state index in [4.69, 9.17) is 14.7 Å². The van der Waals surface area contributed by atoms with E-state index in [9.17, 15) is 0 Å². The molecule has 0 N–H and O–H groups in total. The number of benzene rings is 5. The standard InChI is InChI=1S/C32H19N3O/c33-20-21-10-12-22(13-11-21)23-14-16-25(17-15-23)35-29-9-5-4-8-26(29)27-18-19-28-31(30(27)35)36-32(34-28)24-6-2-1-3-7-24/h1-19H. The van der Waals surface area contributed by atoms with Gasteiger partial charge in [-0.1, -0.05) is 60.7 Å². The lowest BCUT2D eigenvalue weighted by molar-refractivity contribution is 0.622. The first-order valence-electron chi connectivity index (χ1n) is 11.8. The highest BCUT2D eigenvalue weighted by Gasteiger charge is 2.19. The van der Waals surface area contributed by atoms with Crippen molar-refractivity contribution in [1.82, 2.24) is 9.55 Å². The number of fused-ring (bicyclic) bond motifs is 5. The van der Waals surface area contributed by atoms with E-state index >= 15 is 0 Å². The maximum absolute atomic E-state index is 9.09. The molecule has 0 saturated heterocycles. The molecule has 0 radical (unpaired) electrons. The summed E-state index contributed by atoms with van der Waals surface area (Å²) in [6.07, 6.45) is 0. The minimum absolute atomic E-state index is 0.617. The van der Waals surface area contributed by atoms with Crippen molar-refractivity contribution in [3.63, 3.8) is 0 Å². The number of aromatic nitrogens is 2. The lowest BCUT2D eigenvalue weighted by Gasteiger charge is -2.09. The summed E-state index contributed by atoms with van der Waals surface area (Å²) in [6.45, 7) is 0. The molecule has 0 amide bonds. The van der Waals surface area contributed by atoms with Crippen molar-refractivity contribution in [3.8, 4) is 34.3 Å². The van der Waals surface area contributed by atoms with Gasteiger partial charge in [0.05, 0.1) is 22.7 Å². The van der Waals surface area contributed by atoms with Gasteiger partial charge in [-0.25, -0.2) is 4.98 Å². The number of hydrogen-bond acceptors (Lipinski definition) is 3. The van der Waals surface area contributed by atoms with Crippen molar-refractivity contribution in [2.24, 2.45) is 0 Å². The van der Waals surface area contributed by atoms with Crippen molar-refractivity contribution < 1.29 is 4.42 Å². The van der Waals surface area contributed by atoms with Crippen molar-refractivity contribution in [1.29, 1.82) is 5.26 Å². The van der Waals surface area contributed by atoms with Gasteiger partial charge in [-0.15, -0.1) is 0 Å². The summed E-state index contributed by atoms with van der Waals surface area (Å²) in [5.41, 5.74) is 8.57. The molecule has 4 nitrogen and oxygen atoms in total. The summed E-state index contributed by atoms with van der Waals surface area (Å²) in [5, 5.41) is 11.4. The summed E-state index contributed by atoms with van der Waals surface area (Å²) in [6, 6.07) is 40.9. The fraction of sp³-hybridized carbons (Fsp3) is 0.